The number of carbonyl (C=O) groups is 8. The Labute approximate surface area is 382 Å². The van der Waals surface area contributed by atoms with Crippen LogP contribution < -0.4 is 37.6 Å². The monoisotopic (exact) mass is 919 g/mol. The molecular formula is C45H74N8O10S. The van der Waals surface area contributed by atoms with Gasteiger partial charge in [0.1, 0.15) is 42.3 Å². The van der Waals surface area contributed by atoms with Crippen molar-refractivity contribution in [1.82, 2.24) is 36.8 Å². The topological polar surface area (TPSA) is 278 Å². The van der Waals surface area contributed by atoms with Crippen molar-refractivity contribution in [3.05, 3.63) is 35.9 Å². The summed E-state index contributed by atoms with van der Waals surface area (Å²) in [6.07, 6.45) is 3.67. The first-order chi connectivity index (χ1) is 30.1. The zero-order chi connectivity index (χ0) is 48.3. The lowest BCUT2D eigenvalue weighted by Crippen LogP contribution is -2.61. The van der Waals surface area contributed by atoms with Crippen molar-refractivity contribution in [2.24, 2.45) is 29.4 Å². The quantitative estimate of drug-likeness (QED) is 0.0600. The minimum absolute atomic E-state index is 0.0133. The number of aliphatic hydroxyl groups excluding tert-OH is 1. The molecule has 1 fully saturated rings. The molecule has 1 aromatic carbocycles. The minimum atomic E-state index is -1.50. The molecule has 0 unspecified atom stereocenters. The average Bonchev–Trinajstić information content (AvgIpc) is 3.72. The molecule has 10 N–H and O–H groups in total. The van der Waals surface area contributed by atoms with Gasteiger partial charge in [-0.25, -0.2) is 4.79 Å². The maximum atomic E-state index is 14.0. The number of nitrogens with zero attached hydrogens (tertiary/aromatic N) is 1. The number of nitrogens with two attached hydrogens (primary N) is 1. The Kier molecular flexibility index (Phi) is 23.8. The second-order valence-corrected chi connectivity index (χ2v) is 19.2. The van der Waals surface area contributed by atoms with E-state index in [0.717, 1.165) is 0 Å². The number of carbonyl (C=O) groups excluding carboxylic acids is 7. The summed E-state index contributed by atoms with van der Waals surface area (Å²) in [5.41, 5.74) is 6.77. The lowest BCUT2D eigenvalue weighted by molar-refractivity contribution is -0.145. The van der Waals surface area contributed by atoms with E-state index in [1.54, 1.807) is 55.9 Å². The molecule has 1 saturated heterocycles. The fourth-order valence-corrected chi connectivity index (χ4v) is 7.85. The molecule has 0 radical (unpaired) electrons. The van der Waals surface area contributed by atoms with E-state index in [4.69, 9.17) is 5.73 Å². The van der Waals surface area contributed by atoms with Gasteiger partial charge in [0.25, 0.3) is 0 Å². The van der Waals surface area contributed by atoms with Crippen molar-refractivity contribution in [3.63, 3.8) is 0 Å². The molecule has 8 atom stereocenters. The van der Waals surface area contributed by atoms with Crippen molar-refractivity contribution in [1.29, 1.82) is 0 Å². The molecule has 1 aliphatic rings. The second-order valence-electron chi connectivity index (χ2n) is 18.2. The van der Waals surface area contributed by atoms with E-state index >= 15 is 0 Å². The van der Waals surface area contributed by atoms with Crippen molar-refractivity contribution >= 4 is 59.1 Å². The predicted octanol–water partition coefficient (Wildman–Crippen LogP) is 1.08. The number of hydrogen-bond acceptors (Lipinski definition) is 11. The van der Waals surface area contributed by atoms with Gasteiger partial charge in [-0.05, 0) is 79.8 Å². The number of rotatable bonds is 27. The van der Waals surface area contributed by atoms with Crippen LogP contribution >= 0.6 is 11.8 Å². The zero-order valence-electron chi connectivity index (χ0n) is 39.0. The van der Waals surface area contributed by atoms with Crippen LogP contribution in [0.5, 0.6) is 0 Å². The van der Waals surface area contributed by atoms with E-state index < -0.39 is 108 Å². The fourth-order valence-electron chi connectivity index (χ4n) is 7.36. The molecule has 0 saturated carbocycles. The molecule has 0 spiro atoms. The van der Waals surface area contributed by atoms with Gasteiger partial charge in [0.15, 0.2) is 0 Å². The summed E-state index contributed by atoms with van der Waals surface area (Å²) in [6.45, 7) is 13.9. The second kappa shape index (κ2) is 27.5. The molecular weight excluding hydrogens is 845 g/mol. The minimum Gasteiger partial charge on any atom is -0.480 e. The van der Waals surface area contributed by atoms with E-state index in [2.05, 4.69) is 31.9 Å². The predicted molar refractivity (Wildman–Crippen MR) is 245 cm³/mol. The lowest BCUT2D eigenvalue weighted by atomic mass is 9.97. The van der Waals surface area contributed by atoms with E-state index in [9.17, 15) is 48.6 Å². The van der Waals surface area contributed by atoms with Crippen LogP contribution in [0.25, 0.3) is 0 Å². The summed E-state index contributed by atoms with van der Waals surface area (Å²) in [6, 6.07) is -0.285. The van der Waals surface area contributed by atoms with Crippen molar-refractivity contribution in [3.8, 4) is 0 Å². The van der Waals surface area contributed by atoms with E-state index in [-0.39, 0.29) is 50.0 Å². The Bertz CT molecular complexity index is 1710. The van der Waals surface area contributed by atoms with E-state index in [0.29, 0.717) is 30.6 Å². The van der Waals surface area contributed by atoms with Gasteiger partial charge in [-0.3, -0.25) is 33.6 Å². The summed E-state index contributed by atoms with van der Waals surface area (Å²) in [5, 5.41) is 36.2. The molecule has 360 valence electrons. The Morgan fingerprint density at radius 3 is 1.62 bits per heavy atom. The number of benzene rings is 1. The van der Waals surface area contributed by atoms with Crippen LogP contribution in [0.15, 0.2) is 30.3 Å². The number of aliphatic hydroxyl groups is 1. The first-order valence-corrected chi connectivity index (χ1v) is 23.7. The number of hydrogen-bond donors (Lipinski definition) is 9. The summed E-state index contributed by atoms with van der Waals surface area (Å²) < 4.78 is 0. The number of amides is 7. The molecule has 1 aliphatic heterocycles. The number of carboxylic acid groups (broad SMARTS) is 1. The number of carboxylic acids is 1. The summed E-state index contributed by atoms with van der Waals surface area (Å²) in [7, 11) is 0. The van der Waals surface area contributed by atoms with Crippen molar-refractivity contribution in [2.75, 3.05) is 25.2 Å². The van der Waals surface area contributed by atoms with Crippen LogP contribution in [0.4, 0.5) is 0 Å². The number of aliphatic carboxylic acids is 1. The first kappa shape index (κ1) is 55.4. The molecule has 7 amide bonds. The van der Waals surface area contributed by atoms with Crippen LogP contribution in [-0.2, 0) is 44.8 Å². The number of likely N-dealkylation sites (tertiary alicyclic amines) is 1. The Morgan fingerprint density at radius 1 is 0.688 bits per heavy atom. The fraction of sp³-hybridized carbons (Fsp3) is 0.689. The third-order valence-corrected chi connectivity index (χ3v) is 11.4. The average molecular weight is 919 g/mol. The highest BCUT2D eigenvalue weighted by atomic mass is 32.2. The molecule has 1 aromatic rings. The van der Waals surface area contributed by atoms with E-state index in [1.807, 2.05) is 47.8 Å². The first-order valence-electron chi connectivity index (χ1n) is 22.3. The van der Waals surface area contributed by atoms with Crippen LogP contribution in [0.1, 0.15) is 99.5 Å². The highest BCUT2D eigenvalue weighted by Crippen LogP contribution is 2.20. The number of nitrogens with one attached hydrogen (secondary N) is 6. The van der Waals surface area contributed by atoms with Crippen LogP contribution in [0.3, 0.4) is 0 Å². The molecule has 1 heterocycles. The molecule has 2 rings (SSSR count). The highest BCUT2D eigenvalue weighted by Gasteiger charge is 2.40. The molecule has 18 nitrogen and oxygen atoms in total. The SMILES string of the molecule is CSCC[C@H](N)C(=O)N[C@@H](CC(C)C)C(=O)N[C@@H](CC(C)C)C(=O)N[C@@H](CC(C)C)C(=O)N[C@H](C(=O)N[C@@H](CO)C(=O)N1CCC[C@H]1C(=O)N[C@@H](Cc1ccccc1)C(=O)O)C(C)C. The summed E-state index contributed by atoms with van der Waals surface area (Å²) in [4.78, 5) is 109. The largest absolute Gasteiger partial charge is 0.480 e. The Hall–Kier alpha value is -4.75. The lowest BCUT2D eigenvalue weighted by Gasteiger charge is -2.31. The van der Waals surface area contributed by atoms with Gasteiger partial charge >= 0.3 is 5.97 Å². The number of thioether (sulfide) groups is 1. The molecule has 0 aliphatic carbocycles. The van der Waals surface area contributed by atoms with Gasteiger partial charge in [-0.1, -0.05) is 85.7 Å². The zero-order valence-corrected chi connectivity index (χ0v) is 39.8. The third kappa shape index (κ3) is 18.4. The highest BCUT2D eigenvalue weighted by molar-refractivity contribution is 7.98. The van der Waals surface area contributed by atoms with Gasteiger partial charge in [0.05, 0.1) is 12.6 Å². The molecule has 64 heavy (non-hydrogen) atoms. The molecule has 19 heteroatoms. The van der Waals surface area contributed by atoms with Crippen LogP contribution in [-0.4, -0.2) is 136 Å². The van der Waals surface area contributed by atoms with Crippen molar-refractivity contribution < 1.29 is 48.6 Å². The Balaban J connectivity index is 2.23. The summed E-state index contributed by atoms with van der Waals surface area (Å²) >= 11 is 1.55. The van der Waals surface area contributed by atoms with Gasteiger partial charge in [0, 0.05) is 13.0 Å². The maximum absolute atomic E-state index is 14.0. The third-order valence-electron chi connectivity index (χ3n) is 10.8. The molecule has 0 bridgehead atoms. The van der Waals surface area contributed by atoms with Gasteiger partial charge < -0.3 is 52.7 Å². The van der Waals surface area contributed by atoms with Gasteiger partial charge in [0.2, 0.25) is 41.4 Å². The van der Waals surface area contributed by atoms with Gasteiger partial charge in [-0.15, -0.1) is 0 Å². The van der Waals surface area contributed by atoms with E-state index in [1.165, 1.54) is 4.90 Å². The standard InChI is InChI=1S/C45H74N8O10S/c1-25(2)20-31(47-38(55)30(46)17-19-64-9)39(56)48-32(21-26(3)4)40(57)49-33(22-27(5)6)41(58)52-37(28(7)8)43(60)51-35(24-54)44(61)53-18-13-16-36(53)42(59)50-34(45(62)63)23-29-14-11-10-12-15-29/h10-12,14-15,25-28,30-37,54H,13,16-24,46H2,1-9H3,(H,47,55)(H,48,56)(H,49,57)(H,50,59)(H,51,60)(H,52,58)(H,62,63)/t30-,31-,32-,33-,34-,35-,36-,37-/m0/s1. The normalized spacial score (nSPS) is 17.2. The van der Waals surface area contributed by atoms with Crippen LogP contribution in [0, 0.1) is 23.7 Å². The Morgan fingerprint density at radius 2 is 1.17 bits per heavy atom. The van der Waals surface area contributed by atoms with Crippen molar-refractivity contribution in [2.45, 2.75) is 149 Å². The van der Waals surface area contributed by atoms with Gasteiger partial charge in [-0.2, -0.15) is 11.8 Å². The molecule has 0 aromatic heterocycles. The maximum Gasteiger partial charge on any atom is 0.326 e. The van der Waals surface area contributed by atoms with Crippen LogP contribution in [0.2, 0.25) is 0 Å². The summed E-state index contributed by atoms with van der Waals surface area (Å²) in [5.74, 6) is -5.87. The smallest absolute Gasteiger partial charge is 0.326 e.